The van der Waals surface area contributed by atoms with Crippen LogP contribution in [0.25, 0.3) is 0 Å². The Morgan fingerprint density at radius 1 is 1.00 bits per heavy atom. The molecule has 0 N–H and O–H groups in total. The van der Waals surface area contributed by atoms with Crippen molar-refractivity contribution in [2.75, 3.05) is 0 Å². The lowest BCUT2D eigenvalue weighted by Gasteiger charge is -2.18. The molecule has 0 radical (unpaired) electrons. The smallest absolute Gasteiger partial charge is 0.0996 e. The summed E-state index contributed by atoms with van der Waals surface area (Å²) in [5.41, 5.74) is 4.28. The molecular formula is C21H35B. The number of hydrogen-bond acceptors (Lipinski definition) is 0. The maximum atomic E-state index is 3.93. The molecule has 0 amide bonds. The summed E-state index contributed by atoms with van der Waals surface area (Å²) in [7, 11) is 1.05. The molecule has 0 saturated heterocycles. The Kier molecular flexibility index (Phi) is 8.52. The lowest BCUT2D eigenvalue weighted by atomic mass is 9.50. The zero-order chi connectivity index (χ0) is 17.4. The van der Waals surface area contributed by atoms with E-state index in [2.05, 4.69) is 92.3 Å². The molecule has 1 heteroatoms. The van der Waals surface area contributed by atoms with Gasteiger partial charge < -0.3 is 0 Å². The van der Waals surface area contributed by atoms with Crippen molar-refractivity contribution in [3.05, 3.63) is 59.7 Å². The first-order chi connectivity index (χ1) is 9.96. The summed E-state index contributed by atoms with van der Waals surface area (Å²) in [6.07, 6.45) is 14.1. The first kappa shape index (κ1) is 20.8. The molecule has 0 nitrogen and oxygen atoms in total. The predicted octanol–water partition coefficient (Wildman–Crippen LogP) is 6.60. The Hall–Kier alpha value is -1.24. The van der Waals surface area contributed by atoms with Crippen LogP contribution in [0.1, 0.15) is 61.8 Å². The minimum absolute atomic E-state index is 0.294. The van der Waals surface area contributed by atoms with Gasteiger partial charge in [0.1, 0.15) is 0 Å². The van der Waals surface area contributed by atoms with Gasteiger partial charge in [0.2, 0.25) is 0 Å². The van der Waals surface area contributed by atoms with E-state index >= 15 is 0 Å². The Morgan fingerprint density at radius 2 is 1.59 bits per heavy atom. The van der Waals surface area contributed by atoms with Crippen LogP contribution in [0.15, 0.2) is 59.7 Å². The van der Waals surface area contributed by atoms with Crippen molar-refractivity contribution in [2.45, 2.75) is 67.1 Å². The first-order valence-electron chi connectivity index (χ1n) is 8.30. The summed E-state index contributed by atoms with van der Waals surface area (Å²) in [5.74, 6) is 0. The molecule has 0 spiro atoms. The van der Waals surface area contributed by atoms with Crippen LogP contribution in [0.3, 0.4) is 0 Å². The average molecular weight is 298 g/mol. The summed E-state index contributed by atoms with van der Waals surface area (Å²) in [5, 5.41) is 0.294. The highest BCUT2D eigenvalue weighted by atomic mass is 14.2. The molecular weight excluding hydrogens is 263 g/mol. The van der Waals surface area contributed by atoms with Crippen LogP contribution >= 0.6 is 0 Å². The van der Waals surface area contributed by atoms with E-state index in [0.29, 0.717) is 10.7 Å². The molecule has 0 aliphatic rings. The molecule has 0 unspecified atom stereocenters. The lowest BCUT2D eigenvalue weighted by molar-refractivity contribution is 0.413. The molecule has 22 heavy (non-hydrogen) atoms. The highest BCUT2D eigenvalue weighted by Gasteiger charge is 2.13. The van der Waals surface area contributed by atoms with Crippen LogP contribution in [0, 0.1) is 5.41 Å². The standard InChI is InChI=1S/C21H35B/c1-10-18(16-20(4,5)6)14-12-17(3)13-15-19(11-2)22-21(7,8)9/h10-15,22H,2,16H2,1,3-9H3/b14-12-,17-13+,18-10+,19-15+. The monoisotopic (exact) mass is 298 g/mol. The van der Waals surface area contributed by atoms with Gasteiger partial charge in [-0.2, -0.15) is 0 Å². The second-order valence-corrected chi connectivity index (χ2v) is 8.53. The van der Waals surface area contributed by atoms with Crippen LogP contribution < -0.4 is 0 Å². The molecule has 0 aromatic heterocycles. The molecule has 0 atom stereocenters. The van der Waals surface area contributed by atoms with Gasteiger partial charge in [0, 0.05) is 0 Å². The van der Waals surface area contributed by atoms with Crippen molar-refractivity contribution < 1.29 is 0 Å². The van der Waals surface area contributed by atoms with Gasteiger partial charge in [-0.25, -0.2) is 0 Å². The molecule has 0 saturated carbocycles. The van der Waals surface area contributed by atoms with E-state index in [-0.39, 0.29) is 0 Å². The predicted molar refractivity (Wildman–Crippen MR) is 106 cm³/mol. The summed E-state index contributed by atoms with van der Waals surface area (Å²) < 4.78 is 0. The summed E-state index contributed by atoms with van der Waals surface area (Å²) in [4.78, 5) is 0. The van der Waals surface area contributed by atoms with Crippen LogP contribution in [0.4, 0.5) is 0 Å². The SMILES string of the molecule is C=C\C(BC(C)(C)C)=C/C=C(C)/C=C\C(=C/C)CC(C)(C)C. The Balaban J connectivity index is 4.92. The first-order valence-corrected chi connectivity index (χ1v) is 8.30. The van der Waals surface area contributed by atoms with Crippen molar-refractivity contribution >= 4 is 7.28 Å². The van der Waals surface area contributed by atoms with Crippen molar-refractivity contribution in [1.82, 2.24) is 0 Å². The van der Waals surface area contributed by atoms with E-state index in [1.54, 1.807) is 0 Å². The van der Waals surface area contributed by atoms with E-state index in [0.717, 1.165) is 13.7 Å². The van der Waals surface area contributed by atoms with Gasteiger partial charge in [0.15, 0.2) is 7.28 Å². The Bertz CT molecular complexity index is 471. The minimum Gasteiger partial charge on any atom is -0.0996 e. The van der Waals surface area contributed by atoms with Crippen LogP contribution in [-0.4, -0.2) is 7.28 Å². The molecule has 0 aliphatic carbocycles. The molecule has 0 aromatic carbocycles. The van der Waals surface area contributed by atoms with Gasteiger partial charge in [-0.15, -0.1) is 0 Å². The van der Waals surface area contributed by atoms with Gasteiger partial charge >= 0.3 is 0 Å². The topological polar surface area (TPSA) is 0 Å². The van der Waals surface area contributed by atoms with Gasteiger partial charge in [0.25, 0.3) is 0 Å². The largest absolute Gasteiger partial charge is 0.163 e. The third kappa shape index (κ3) is 11.4. The van der Waals surface area contributed by atoms with Crippen molar-refractivity contribution in [2.24, 2.45) is 5.41 Å². The number of allylic oxidation sites excluding steroid dienone is 9. The molecule has 0 bridgehead atoms. The third-order valence-electron chi connectivity index (χ3n) is 3.22. The summed E-state index contributed by atoms with van der Waals surface area (Å²) >= 11 is 0. The highest BCUT2D eigenvalue weighted by molar-refractivity contribution is 6.49. The van der Waals surface area contributed by atoms with Crippen LogP contribution in [0.2, 0.25) is 5.31 Å². The van der Waals surface area contributed by atoms with E-state index < -0.39 is 0 Å². The van der Waals surface area contributed by atoms with Crippen LogP contribution in [-0.2, 0) is 0 Å². The Morgan fingerprint density at radius 3 is 2.00 bits per heavy atom. The van der Waals surface area contributed by atoms with Crippen LogP contribution in [0.5, 0.6) is 0 Å². The molecule has 0 aromatic rings. The van der Waals surface area contributed by atoms with Gasteiger partial charge in [-0.05, 0) is 25.7 Å². The summed E-state index contributed by atoms with van der Waals surface area (Å²) in [6, 6.07) is 0. The molecule has 0 aliphatic heterocycles. The fourth-order valence-electron chi connectivity index (χ4n) is 2.21. The van der Waals surface area contributed by atoms with E-state index in [9.17, 15) is 0 Å². The number of rotatable bonds is 6. The Labute approximate surface area is 140 Å². The lowest BCUT2D eigenvalue weighted by Crippen LogP contribution is -2.09. The number of hydrogen-bond donors (Lipinski definition) is 0. The zero-order valence-electron chi connectivity index (χ0n) is 16.1. The minimum atomic E-state index is 0.294. The molecule has 122 valence electrons. The maximum Gasteiger partial charge on any atom is 0.163 e. The highest BCUT2D eigenvalue weighted by Crippen LogP contribution is 2.25. The second-order valence-electron chi connectivity index (χ2n) is 8.53. The maximum absolute atomic E-state index is 3.93. The molecule has 0 rings (SSSR count). The zero-order valence-corrected chi connectivity index (χ0v) is 16.1. The second kappa shape index (κ2) is 9.03. The van der Waals surface area contributed by atoms with E-state index in [1.807, 2.05) is 6.08 Å². The quantitative estimate of drug-likeness (QED) is 0.383. The molecule has 0 heterocycles. The molecule has 0 fully saturated rings. The fraction of sp³-hybridized carbons (Fsp3) is 0.524. The third-order valence-corrected chi connectivity index (χ3v) is 3.22. The van der Waals surface area contributed by atoms with Crippen molar-refractivity contribution in [1.29, 1.82) is 0 Å². The fourth-order valence-corrected chi connectivity index (χ4v) is 2.21. The summed E-state index contributed by atoms with van der Waals surface area (Å²) in [6.45, 7) is 21.8. The van der Waals surface area contributed by atoms with E-state index in [1.165, 1.54) is 16.6 Å². The van der Waals surface area contributed by atoms with E-state index in [4.69, 9.17) is 0 Å². The normalized spacial score (nSPS) is 15.4. The average Bonchev–Trinajstić information content (AvgIpc) is 2.36. The van der Waals surface area contributed by atoms with Crippen molar-refractivity contribution in [3.8, 4) is 0 Å². The van der Waals surface area contributed by atoms with Gasteiger partial charge in [-0.1, -0.05) is 107 Å². The van der Waals surface area contributed by atoms with Gasteiger partial charge in [-0.3, -0.25) is 0 Å². The van der Waals surface area contributed by atoms with Crippen molar-refractivity contribution in [3.63, 3.8) is 0 Å². The van der Waals surface area contributed by atoms with Gasteiger partial charge in [0.05, 0.1) is 0 Å².